The van der Waals surface area contributed by atoms with Crippen molar-refractivity contribution >= 4 is 39.1 Å². The van der Waals surface area contributed by atoms with E-state index in [0.717, 1.165) is 22.4 Å². The highest BCUT2D eigenvalue weighted by molar-refractivity contribution is 7.15. The molecule has 29 heavy (non-hydrogen) atoms. The number of rotatable bonds is 6. The number of ether oxygens (including phenoxy) is 1. The quantitative estimate of drug-likeness (QED) is 0.372. The van der Waals surface area contributed by atoms with Gasteiger partial charge in [0.25, 0.3) is 11.7 Å². The van der Waals surface area contributed by atoms with E-state index in [1.54, 1.807) is 6.07 Å². The smallest absolute Gasteiger partial charge is 0.298 e. The van der Waals surface area contributed by atoms with Crippen molar-refractivity contribution in [2.45, 2.75) is 20.5 Å². The van der Waals surface area contributed by atoms with Crippen LogP contribution in [0.2, 0.25) is 0 Å². The van der Waals surface area contributed by atoms with Crippen LogP contribution in [0.1, 0.15) is 26.5 Å². The lowest BCUT2D eigenvalue weighted by molar-refractivity contribution is -0.112. The lowest BCUT2D eigenvalue weighted by Gasteiger charge is -2.06. The molecule has 8 heteroatoms. The van der Waals surface area contributed by atoms with Gasteiger partial charge in [-0.05, 0) is 43.2 Å². The topological polar surface area (TPSA) is 97.0 Å². The number of carbonyl (C=O) groups is 2. The second kappa shape index (κ2) is 7.84. The van der Waals surface area contributed by atoms with Crippen LogP contribution in [-0.4, -0.2) is 26.9 Å². The first-order valence-corrected chi connectivity index (χ1v) is 9.76. The van der Waals surface area contributed by atoms with Gasteiger partial charge in [-0.3, -0.25) is 14.9 Å². The van der Waals surface area contributed by atoms with E-state index in [0.29, 0.717) is 16.0 Å². The Bertz CT molecular complexity index is 1190. The van der Waals surface area contributed by atoms with Crippen LogP contribution in [0.3, 0.4) is 0 Å². The van der Waals surface area contributed by atoms with Crippen molar-refractivity contribution in [1.82, 2.24) is 15.2 Å². The predicted octanol–water partition coefficient (Wildman–Crippen LogP) is 4.04. The Hall–Kier alpha value is -3.52. The van der Waals surface area contributed by atoms with Gasteiger partial charge in [-0.25, -0.2) is 0 Å². The third-order valence-electron chi connectivity index (χ3n) is 4.28. The lowest BCUT2D eigenvalue weighted by Crippen LogP contribution is -2.22. The molecule has 146 valence electrons. The van der Waals surface area contributed by atoms with Crippen LogP contribution in [0.4, 0.5) is 5.13 Å². The van der Waals surface area contributed by atoms with Crippen molar-refractivity contribution in [2.75, 3.05) is 5.32 Å². The molecule has 2 N–H and O–H groups in total. The van der Waals surface area contributed by atoms with E-state index in [1.165, 1.54) is 17.5 Å². The predicted molar refractivity (Wildman–Crippen MR) is 111 cm³/mol. The fraction of sp³-hybridized carbons (Fsp3) is 0.143. The number of nitrogens with zero attached hydrogens (tertiary/aromatic N) is 2. The highest BCUT2D eigenvalue weighted by Gasteiger charge is 2.21. The maximum Gasteiger partial charge on any atom is 0.298 e. The molecule has 0 aliphatic carbocycles. The average molecular weight is 406 g/mol. The number of nitrogens with one attached hydrogen (secondary N) is 2. The van der Waals surface area contributed by atoms with Gasteiger partial charge in [0.2, 0.25) is 5.13 Å². The average Bonchev–Trinajstić information content (AvgIpc) is 3.32. The fourth-order valence-corrected chi connectivity index (χ4v) is 3.71. The lowest BCUT2D eigenvalue weighted by atomic mass is 10.1. The number of aromatic nitrogens is 3. The Labute approximate surface area is 170 Å². The maximum atomic E-state index is 12.5. The second-order valence-electron chi connectivity index (χ2n) is 6.64. The Morgan fingerprint density at radius 3 is 2.66 bits per heavy atom. The van der Waals surface area contributed by atoms with Crippen molar-refractivity contribution in [3.63, 3.8) is 0 Å². The van der Waals surface area contributed by atoms with Gasteiger partial charge in [-0.2, -0.15) is 0 Å². The molecular weight excluding hydrogens is 388 g/mol. The molecule has 0 saturated carbocycles. The Morgan fingerprint density at radius 1 is 1.10 bits per heavy atom. The molecule has 0 aliphatic heterocycles. The number of benzene rings is 2. The zero-order valence-corrected chi connectivity index (χ0v) is 16.7. The van der Waals surface area contributed by atoms with Crippen molar-refractivity contribution in [3.05, 3.63) is 70.4 Å². The van der Waals surface area contributed by atoms with E-state index in [2.05, 4.69) is 26.6 Å². The molecule has 4 rings (SSSR count). The van der Waals surface area contributed by atoms with Crippen molar-refractivity contribution in [2.24, 2.45) is 0 Å². The summed E-state index contributed by atoms with van der Waals surface area (Å²) in [6.45, 7) is 4.24. The first-order valence-electron chi connectivity index (χ1n) is 8.95. The zero-order chi connectivity index (χ0) is 20.4. The van der Waals surface area contributed by atoms with Gasteiger partial charge < -0.3 is 9.72 Å². The van der Waals surface area contributed by atoms with E-state index < -0.39 is 11.7 Å². The first kappa shape index (κ1) is 18.8. The molecule has 7 nitrogen and oxygen atoms in total. The van der Waals surface area contributed by atoms with Crippen molar-refractivity contribution in [3.8, 4) is 5.75 Å². The molecule has 0 bridgehead atoms. The maximum absolute atomic E-state index is 12.5. The molecule has 0 atom stereocenters. The van der Waals surface area contributed by atoms with Crippen LogP contribution >= 0.6 is 11.3 Å². The van der Waals surface area contributed by atoms with E-state index in [-0.39, 0.29) is 11.7 Å². The third-order valence-corrected chi connectivity index (χ3v) is 5.10. The van der Waals surface area contributed by atoms with E-state index in [4.69, 9.17) is 4.74 Å². The molecule has 0 aliphatic rings. The summed E-state index contributed by atoms with van der Waals surface area (Å²) >= 11 is 1.17. The minimum Gasteiger partial charge on any atom is -0.486 e. The normalized spacial score (nSPS) is 10.8. The Kier molecular flexibility index (Phi) is 5.09. The number of aryl methyl sites for hydroxylation is 2. The van der Waals surface area contributed by atoms with Gasteiger partial charge in [0.1, 0.15) is 12.4 Å². The summed E-state index contributed by atoms with van der Waals surface area (Å²) in [5.41, 5.74) is 3.34. The number of H-pyrrole nitrogens is 1. The highest BCUT2D eigenvalue weighted by atomic mass is 32.1. The van der Waals surface area contributed by atoms with Gasteiger partial charge in [-0.15, -0.1) is 10.2 Å². The van der Waals surface area contributed by atoms with Crippen LogP contribution in [-0.2, 0) is 11.4 Å². The molecule has 1 amide bonds. The summed E-state index contributed by atoms with van der Waals surface area (Å²) in [6.07, 6.45) is 1.54. The summed E-state index contributed by atoms with van der Waals surface area (Å²) in [4.78, 5) is 27.8. The van der Waals surface area contributed by atoms with Crippen LogP contribution in [0.15, 0.2) is 48.7 Å². The largest absolute Gasteiger partial charge is 0.486 e. The van der Waals surface area contributed by atoms with Gasteiger partial charge in [-0.1, -0.05) is 35.6 Å². The number of hydrogen-bond acceptors (Lipinski definition) is 6. The van der Waals surface area contributed by atoms with Crippen molar-refractivity contribution < 1.29 is 14.3 Å². The van der Waals surface area contributed by atoms with Gasteiger partial charge in [0.05, 0.1) is 5.56 Å². The molecular formula is C21H18N4O3S. The summed E-state index contributed by atoms with van der Waals surface area (Å²) < 4.78 is 5.75. The first-order chi connectivity index (χ1) is 14.0. The highest BCUT2D eigenvalue weighted by Crippen LogP contribution is 2.22. The molecule has 0 saturated heterocycles. The van der Waals surface area contributed by atoms with E-state index in [1.807, 2.05) is 44.2 Å². The zero-order valence-electron chi connectivity index (χ0n) is 15.9. The van der Waals surface area contributed by atoms with E-state index >= 15 is 0 Å². The minimum absolute atomic E-state index is 0.229. The number of aromatic amines is 1. The number of para-hydroxylation sites is 1. The molecule has 4 aromatic rings. The fourth-order valence-electron chi connectivity index (χ4n) is 3.06. The van der Waals surface area contributed by atoms with Crippen LogP contribution in [0.25, 0.3) is 10.9 Å². The molecule has 0 unspecified atom stereocenters. The summed E-state index contributed by atoms with van der Waals surface area (Å²) in [5.74, 6) is -0.642. The summed E-state index contributed by atoms with van der Waals surface area (Å²) in [7, 11) is 0. The third kappa shape index (κ3) is 4.17. The number of fused-ring (bicyclic) bond motifs is 1. The van der Waals surface area contributed by atoms with Gasteiger partial charge in [0, 0.05) is 17.1 Å². The van der Waals surface area contributed by atoms with Gasteiger partial charge in [0.15, 0.2) is 5.01 Å². The van der Waals surface area contributed by atoms with Crippen LogP contribution in [0.5, 0.6) is 5.75 Å². The van der Waals surface area contributed by atoms with E-state index in [9.17, 15) is 9.59 Å². The summed E-state index contributed by atoms with van der Waals surface area (Å²) in [5, 5.41) is 12.0. The van der Waals surface area contributed by atoms with Crippen LogP contribution < -0.4 is 10.1 Å². The molecule has 2 aromatic carbocycles. The number of anilines is 1. The standard InChI is InChI=1S/C21H18N4O3S/c1-12-7-13(2)9-14(8-12)28-11-18-24-25-21(29-18)23-20(27)19(26)16-10-22-17-6-4-3-5-15(16)17/h3-10,22H,11H2,1-2H3,(H,23,25,27). The molecule has 2 heterocycles. The summed E-state index contributed by atoms with van der Waals surface area (Å²) in [6, 6.07) is 13.3. The number of Topliss-reactive ketones (excluding diaryl/α,β-unsaturated/α-hetero) is 1. The number of carbonyl (C=O) groups excluding carboxylic acids is 2. The van der Waals surface area contributed by atoms with Crippen molar-refractivity contribution in [1.29, 1.82) is 0 Å². The molecule has 0 fully saturated rings. The van der Waals surface area contributed by atoms with Crippen LogP contribution in [0, 0.1) is 13.8 Å². The number of amides is 1. The van der Waals surface area contributed by atoms with Gasteiger partial charge >= 0.3 is 0 Å². The monoisotopic (exact) mass is 406 g/mol. The second-order valence-corrected chi connectivity index (χ2v) is 7.71. The number of hydrogen-bond donors (Lipinski definition) is 2. The Balaban J connectivity index is 1.40. The molecule has 0 radical (unpaired) electrons. The Morgan fingerprint density at radius 2 is 1.86 bits per heavy atom. The minimum atomic E-state index is -0.757. The number of ketones is 1. The molecule has 2 aromatic heterocycles. The molecule has 0 spiro atoms. The SMILES string of the molecule is Cc1cc(C)cc(OCc2nnc(NC(=O)C(=O)c3c[nH]c4ccccc34)s2)c1.